The SMILES string of the molecule is Cn1c[n+]([C@@H]2O[C@H](CO)C(O)[C@@H]2O)c2nc(N)nc([O-])c21.Cn1c[n+]([C@@H]2O[C@H](COP(=O)([O-])OP(=O)([O-])OP(=O)([O-])[O-])C(O)[C@@H]2O)c2nc(N)nc([O-])c21. The van der Waals surface area contributed by atoms with Crippen LogP contribution >= 0.6 is 23.5 Å². The number of phosphoric acid groups is 3. The van der Waals surface area contributed by atoms with Crippen LogP contribution in [0.3, 0.4) is 0 Å². The first-order valence-corrected chi connectivity index (χ1v) is 19.1. The van der Waals surface area contributed by atoms with E-state index in [4.69, 9.17) is 26.0 Å². The zero-order chi connectivity index (χ0) is 40.2. The Labute approximate surface area is 299 Å². The fourth-order valence-corrected chi connectivity index (χ4v) is 8.35. The van der Waals surface area contributed by atoms with E-state index in [-0.39, 0.29) is 28.3 Å². The summed E-state index contributed by atoms with van der Waals surface area (Å²) in [6.07, 6.45) is -8.27. The Balaban J connectivity index is 0.000000228. The van der Waals surface area contributed by atoms with Gasteiger partial charge in [0.05, 0.1) is 35.1 Å². The number of nitrogen functional groups attached to an aromatic ring is 2. The quantitative estimate of drug-likeness (QED) is 0.0576. The summed E-state index contributed by atoms with van der Waals surface area (Å²) in [5, 5.41) is 73.4. The molecule has 9 N–H and O–H groups in total. The van der Waals surface area contributed by atoms with Crippen LogP contribution in [0.15, 0.2) is 12.7 Å². The van der Waals surface area contributed by atoms with Gasteiger partial charge in [-0.15, -0.1) is 0 Å². The minimum Gasteiger partial charge on any atom is -0.856 e. The van der Waals surface area contributed by atoms with Crippen LogP contribution in [-0.2, 0) is 50.4 Å². The summed E-state index contributed by atoms with van der Waals surface area (Å²) >= 11 is 0. The molecule has 6 rings (SSSR count). The van der Waals surface area contributed by atoms with Gasteiger partial charge < -0.3 is 85.3 Å². The summed E-state index contributed by atoms with van der Waals surface area (Å²) < 4.78 is 59.8. The maximum Gasteiger partial charge on any atom is 0.309 e. The Morgan fingerprint density at radius 1 is 0.741 bits per heavy atom. The number of aromatic nitrogens is 8. The van der Waals surface area contributed by atoms with Crippen LogP contribution in [0.25, 0.3) is 22.3 Å². The number of fused-ring (bicyclic) bond motifs is 2. The number of phosphoric ester groups is 1. The first-order chi connectivity index (χ1) is 24.9. The highest BCUT2D eigenvalue weighted by Gasteiger charge is 2.48. The molecule has 0 aliphatic carbocycles. The van der Waals surface area contributed by atoms with Crippen molar-refractivity contribution < 1.29 is 101 Å². The van der Waals surface area contributed by atoms with Crippen molar-refractivity contribution in [2.75, 3.05) is 24.7 Å². The van der Waals surface area contributed by atoms with E-state index >= 15 is 0 Å². The summed E-state index contributed by atoms with van der Waals surface area (Å²) in [4.78, 5) is 58.4. The third-order valence-electron chi connectivity index (χ3n) is 7.69. The summed E-state index contributed by atoms with van der Waals surface area (Å²) in [5.41, 5.74) is 11.2. The van der Waals surface area contributed by atoms with Crippen LogP contribution < -0.4 is 50.4 Å². The third kappa shape index (κ3) is 8.62. The molecule has 0 radical (unpaired) electrons. The molecule has 6 heterocycles. The van der Waals surface area contributed by atoms with E-state index in [1.165, 1.54) is 33.4 Å². The van der Waals surface area contributed by atoms with Gasteiger partial charge in [-0.2, -0.15) is 0 Å². The molecule has 0 amide bonds. The molecule has 29 nitrogen and oxygen atoms in total. The van der Waals surface area contributed by atoms with Gasteiger partial charge in [0, 0.05) is 11.8 Å². The molecule has 4 unspecified atom stereocenters. The number of ether oxygens (including phenoxy) is 2. The zero-order valence-corrected chi connectivity index (χ0v) is 29.9. The van der Waals surface area contributed by atoms with Crippen LogP contribution in [0.5, 0.6) is 11.8 Å². The first kappa shape index (κ1) is 41.6. The molecule has 0 bridgehead atoms. The second kappa shape index (κ2) is 15.2. The molecule has 300 valence electrons. The van der Waals surface area contributed by atoms with Crippen molar-refractivity contribution >= 4 is 57.7 Å². The van der Waals surface area contributed by atoms with E-state index in [1.807, 2.05) is 0 Å². The average molecular weight is 830 g/mol. The smallest absolute Gasteiger partial charge is 0.309 e. The van der Waals surface area contributed by atoms with Gasteiger partial charge in [0.1, 0.15) is 36.6 Å². The number of hydrogen-bond acceptors (Lipinski definition) is 25. The van der Waals surface area contributed by atoms with E-state index in [2.05, 4.69) is 33.1 Å². The van der Waals surface area contributed by atoms with Crippen molar-refractivity contribution in [1.82, 2.24) is 29.1 Å². The first-order valence-electron chi connectivity index (χ1n) is 14.7. The second-order valence-electron chi connectivity index (χ2n) is 11.5. The lowest BCUT2D eigenvalue weighted by Crippen LogP contribution is -2.46. The van der Waals surface area contributed by atoms with Crippen molar-refractivity contribution in [3.05, 3.63) is 12.7 Å². The zero-order valence-electron chi connectivity index (χ0n) is 27.2. The van der Waals surface area contributed by atoms with Crippen LogP contribution in [-0.4, -0.2) is 104 Å². The molecule has 2 aliphatic heterocycles. The maximum absolute atomic E-state index is 12.0. The van der Waals surface area contributed by atoms with Crippen molar-refractivity contribution in [2.45, 2.75) is 49.1 Å². The van der Waals surface area contributed by atoms with Gasteiger partial charge in [0.2, 0.25) is 12.5 Å². The molecule has 10 atom stereocenters. The van der Waals surface area contributed by atoms with Gasteiger partial charge in [-0.05, 0) is 0 Å². The second-order valence-corrected chi connectivity index (χ2v) is 15.7. The number of nitrogens with zero attached hydrogens (tertiary/aromatic N) is 8. The number of aliphatic hydroxyl groups excluding tert-OH is 5. The van der Waals surface area contributed by atoms with Gasteiger partial charge in [-0.1, -0.05) is 9.97 Å². The number of anilines is 2. The van der Waals surface area contributed by atoms with Gasteiger partial charge >= 0.3 is 11.3 Å². The predicted molar refractivity (Wildman–Crippen MR) is 155 cm³/mol. The number of imidazole rings is 2. The molecular formula is C22H29N10O19P3-4. The molecule has 54 heavy (non-hydrogen) atoms. The highest BCUT2D eigenvalue weighted by atomic mass is 31.3. The van der Waals surface area contributed by atoms with Gasteiger partial charge in [0.15, 0.2) is 23.7 Å². The highest BCUT2D eigenvalue weighted by Crippen LogP contribution is 2.60. The lowest BCUT2D eigenvalue weighted by atomic mass is 10.1. The average Bonchev–Trinajstić information content (AvgIpc) is 3.71. The Morgan fingerprint density at radius 2 is 1.17 bits per heavy atom. The van der Waals surface area contributed by atoms with E-state index in [1.54, 1.807) is 7.05 Å². The fraction of sp³-hybridized carbons (Fsp3) is 0.545. The molecule has 0 spiro atoms. The molecule has 32 heteroatoms. The number of aryl methyl sites for hydroxylation is 2. The number of nitrogens with two attached hydrogens (primary N) is 2. The molecule has 0 saturated carbocycles. The minimum atomic E-state index is -6.17. The van der Waals surface area contributed by atoms with Crippen LogP contribution in [0.2, 0.25) is 0 Å². The molecule has 2 saturated heterocycles. The standard InChI is InChI=1S/C11H18N5O14P3.C11H15N5O5/c1-15-3-16(8-5(15)9(19)14-11(12)13-8)10-7(18)6(17)4(28-10)2-27-32(23,24)30-33(25,26)29-31(20,21)22;1-15-3-16(8-5(15)9(20)14-11(12)13-8)10-7(19)6(18)4(2-17)21-10/h3-4,6-7,10,17-18H,2H2,1H3,(H6-,12,13,14,19,20,21,22,23,24,25,26);3-4,6-7,10,17-19H,2H2,1H3,(H2-,12,13,14,20)/p-4/t2*4-,6?,7+,10-/m11/s1. The molecule has 0 aromatic carbocycles. The normalized spacial score (nSPS) is 28.2. The summed E-state index contributed by atoms with van der Waals surface area (Å²) in [7, 11) is -15.1. The maximum atomic E-state index is 12.0. The molecule has 4 aromatic heterocycles. The highest BCUT2D eigenvalue weighted by molar-refractivity contribution is 7.64. The Kier molecular flexibility index (Phi) is 11.7. The van der Waals surface area contributed by atoms with Gasteiger partial charge in [-0.3, -0.25) is 22.6 Å². The van der Waals surface area contributed by atoms with Gasteiger partial charge in [0.25, 0.3) is 27.5 Å². The summed E-state index contributed by atoms with van der Waals surface area (Å²) in [6, 6.07) is 0. The van der Waals surface area contributed by atoms with E-state index in [0.29, 0.717) is 0 Å². The molecule has 2 aliphatic rings. The van der Waals surface area contributed by atoms with E-state index in [9.17, 15) is 63.9 Å². The largest absolute Gasteiger partial charge is 0.856 e. The van der Waals surface area contributed by atoms with Gasteiger partial charge in [-0.25, -0.2) is 23.4 Å². The monoisotopic (exact) mass is 830 g/mol. The number of hydrogen-bond donors (Lipinski definition) is 7. The predicted octanol–water partition coefficient (Wildman–Crippen LogP) is -9.13. The Bertz CT molecular complexity index is 2180. The van der Waals surface area contributed by atoms with Crippen molar-refractivity contribution in [2.24, 2.45) is 14.1 Å². The number of rotatable bonds is 10. The minimum absolute atomic E-state index is 0.0353. The van der Waals surface area contributed by atoms with Crippen LogP contribution in [0.1, 0.15) is 12.5 Å². The molecule has 4 aromatic rings. The summed E-state index contributed by atoms with van der Waals surface area (Å²) in [6.45, 7) is -1.57. The van der Waals surface area contributed by atoms with Crippen molar-refractivity contribution in [3.63, 3.8) is 0 Å². The van der Waals surface area contributed by atoms with E-state index in [0.717, 1.165) is 4.57 Å². The lowest BCUT2D eigenvalue weighted by molar-refractivity contribution is -0.746. The van der Waals surface area contributed by atoms with Crippen LogP contribution in [0.4, 0.5) is 11.9 Å². The summed E-state index contributed by atoms with van der Waals surface area (Å²) in [5.74, 6) is -1.89. The van der Waals surface area contributed by atoms with Crippen molar-refractivity contribution in [1.29, 1.82) is 0 Å². The Hall–Kier alpha value is -3.57. The third-order valence-corrected chi connectivity index (χ3v) is 11.4. The Morgan fingerprint density at radius 3 is 1.57 bits per heavy atom. The van der Waals surface area contributed by atoms with E-state index < -0.39 is 103 Å². The fourth-order valence-electron chi connectivity index (χ4n) is 5.48. The lowest BCUT2D eigenvalue weighted by Gasteiger charge is -2.37. The molecular weight excluding hydrogens is 801 g/mol. The molecule has 2 fully saturated rings. The number of aliphatic hydroxyl groups is 5. The van der Waals surface area contributed by atoms with Crippen molar-refractivity contribution in [3.8, 4) is 11.8 Å². The van der Waals surface area contributed by atoms with Crippen LogP contribution in [0, 0.1) is 0 Å². The topological polar surface area (TPSA) is 458 Å².